The molecule has 4 heteroatoms. The van der Waals surface area contributed by atoms with Gasteiger partial charge < -0.3 is 10.1 Å². The van der Waals surface area contributed by atoms with Crippen LogP contribution >= 0.6 is 11.6 Å². The third-order valence-corrected chi connectivity index (χ3v) is 2.03. The fourth-order valence-electron chi connectivity index (χ4n) is 1.13. The van der Waals surface area contributed by atoms with Crippen LogP contribution < -0.4 is 0 Å². The summed E-state index contributed by atoms with van der Waals surface area (Å²) in [7, 11) is 0. The number of hydrogen-bond acceptors (Lipinski definition) is 2. The molecule has 0 saturated heterocycles. The van der Waals surface area contributed by atoms with Crippen LogP contribution in [0.1, 0.15) is 5.69 Å². The number of H-pyrrole nitrogens is 1. The van der Waals surface area contributed by atoms with Crippen molar-refractivity contribution in [3.05, 3.63) is 29.0 Å². The van der Waals surface area contributed by atoms with Gasteiger partial charge in [0, 0.05) is 17.3 Å². The van der Waals surface area contributed by atoms with Crippen LogP contribution in [0.4, 0.5) is 0 Å². The zero-order chi connectivity index (χ0) is 8.55. The van der Waals surface area contributed by atoms with Crippen LogP contribution in [0.5, 0.6) is 0 Å². The molecule has 0 aliphatic rings. The molecule has 0 fully saturated rings. The second kappa shape index (κ2) is 2.77. The molecule has 0 saturated carbocycles. The Labute approximate surface area is 74.0 Å². The number of aromatic nitrogens is 2. The van der Waals surface area contributed by atoms with Crippen molar-refractivity contribution in [2.45, 2.75) is 6.61 Å². The van der Waals surface area contributed by atoms with E-state index in [1.54, 1.807) is 18.3 Å². The first-order valence-corrected chi connectivity index (χ1v) is 3.92. The normalized spacial score (nSPS) is 10.8. The summed E-state index contributed by atoms with van der Waals surface area (Å²) < 4.78 is 0. The minimum absolute atomic E-state index is 0.0211. The molecule has 3 nitrogen and oxygen atoms in total. The highest BCUT2D eigenvalue weighted by Gasteiger charge is 2.03. The number of aliphatic hydroxyl groups excluding tert-OH is 1. The van der Waals surface area contributed by atoms with Crippen LogP contribution in [0.3, 0.4) is 0 Å². The number of aromatic amines is 1. The van der Waals surface area contributed by atoms with Crippen LogP contribution in [0.15, 0.2) is 18.3 Å². The lowest BCUT2D eigenvalue weighted by Crippen LogP contribution is -1.80. The van der Waals surface area contributed by atoms with Crippen molar-refractivity contribution in [3.63, 3.8) is 0 Å². The largest absolute Gasteiger partial charge is 0.390 e. The summed E-state index contributed by atoms with van der Waals surface area (Å²) >= 11 is 5.89. The van der Waals surface area contributed by atoms with Gasteiger partial charge in [-0.3, -0.25) is 0 Å². The van der Waals surface area contributed by atoms with E-state index in [4.69, 9.17) is 16.7 Å². The van der Waals surface area contributed by atoms with Crippen molar-refractivity contribution < 1.29 is 5.11 Å². The van der Waals surface area contributed by atoms with Crippen molar-refractivity contribution >= 4 is 22.6 Å². The first-order chi connectivity index (χ1) is 5.81. The van der Waals surface area contributed by atoms with Crippen molar-refractivity contribution in [3.8, 4) is 0 Å². The minimum Gasteiger partial charge on any atom is -0.390 e. The first-order valence-electron chi connectivity index (χ1n) is 3.54. The topological polar surface area (TPSA) is 48.9 Å². The smallest absolute Gasteiger partial charge is 0.139 e. The van der Waals surface area contributed by atoms with Gasteiger partial charge in [0.15, 0.2) is 0 Å². The van der Waals surface area contributed by atoms with Crippen LogP contribution in [-0.4, -0.2) is 15.1 Å². The van der Waals surface area contributed by atoms with Gasteiger partial charge in [0.2, 0.25) is 0 Å². The van der Waals surface area contributed by atoms with E-state index in [0.717, 1.165) is 11.1 Å². The van der Waals surface area contributed by atoms with Gasteiger partial charge in [0.1, 0.15) is 5.65 Å². The maximum absolute atomic E-state index is 8.83. The summed E-state index contributed by atoms with van der Waals surface area (Å²) in [4.78, 5) is 7.00. The van der Waals surface area contributed by atoms with Gasteiger partial charge in [-0.05, 0) is 12.1 Å². The average molecular weight is 183 g/mol. The van der Waals surface area contributed by atoms with Gasteiger partial charge in [-0.1, -0.05) is 11.6 Å². The van der Waals surface area contributed by atoms with E-state index in [0.29, 0.717) is 10.7 Å². The number of halogens is 1. The van der Waals surface area contributed by atoms with E-state index in [2.05, 4.69) is 9.97 Å². The predicted molar refractivity (Wildman–Crippen MR) is 47.0 cm³/mol. The summed E-state index contributed by atoms with van der Waals surface area (Å²) in [5.74, 6) is 0. The zero-order valence-electron chi connectivity index (χ0n) is 6.21. The Morgan fingerprint density at radius 3 is 3.08 bits per heavy atom. The molecule has 2 heterocycles. The molecule has 12 heavy (non-hydrogen) atoms. The molecule has 0 aromatic carbocycles. The molecule has 2 rings (SSSR count). The maximum atomic E-state index is 8.83. The van der Waals surface area contributed by atoms with Crippen molar-refractivity contribution in [2.24, 2.45) is 0 Å². The molecule has 0 aliphatic carbocycles. The summed E-state index contributed by atoms with van der Waals surface area (Å²) in [5, 5.41) is 10.3. The van der Waals surface area contributed by atoms with Crippen molar-refractivity contribution in [1.29, 1.82) is 0 Å². The molecule has 0 aliphatic heterocycles. The lowest BCUT2D eigenvalue weighted by Gasteiger charge is -1.89. The van der Waals surface area contributed by atoms with Gasteiger partial charge in [-0.25, -0.2) is 4.98 Å². The third-order valence-electron chi connectivity index (χ3n) is 1.70. The van der Waals surface area contributed by atoms with Crippen LogP contribution in [0.25, 0.3) is 11.0 Å². The van der Waals surface area contributed by atoms with E-state index in [9.17, 15) is 0 Å². The molecule has 0 atom stereocenters. The molecule has 0 bridgehead atoms. The second-order valence-corrected chi connectivity index (χ2v) is 2.91. The Hall–Kier alpha value is -1.06. The number of nitrogens with zero attached hydrogens (tertiary/aromatic N) is 1. The van der Waals surface area contributed by atoms with Crippen molar-refractivity contribution in [2.75, 3.05) is 0 Å². The SMILES string of the molecule is OCc1cc2c(Cl)ccnc2[nH]1. The van der Waals surface area contributed by atoms with Gasteiger partial charge in [-0.2, -0.15) is 0 Å². The Morgan fingerprint density at radius 2 is 2.42 bits per heavy atom. The molecule has 2 aromatic rings. The summed E-state index contributed by atoms with van der Waals surface area (Å²) in [6.07, 6.45) is 1.63. The fraction of sp³-hybridized carbons (Fsp3) is 0.125. The van der Waals surface area contributed by atoms with Gasteiger partial charge >= 0.3 is 0 Å². The number of nitrogens with one attached hydrogen (secondary N) is 1. The van der Waals surface area contributed by atoms with Gasteiger partial charge in [0.05, 0.1) is 11.6 Å². The lowest BCUT2D eigenvalue weighted by atomic mass is 10.3. The quantitative estimate of drug-likeness (QED) is 0.706. The maximum Gasteiger partial charge on any atom is 0.139 e. The number of hydrogen-bond donors (Lipinski definition) is 2. The molecular formula is C8H7ClN2O. The highest BCUT2D eigenvalue weighted by molar-refractivity contribution is 6.35. The van der Waals surface area contributed by atoms with Gasteiger partial charge in [-0.15, -0.1) is 0 Å². The Kier molecular flexibility index (Phi) is 1.75. The van der Waals surface area contributed by atoms with E-state index >= 15 is 0 Å². The number of rotatable bonds is 1. The number of fused-ring (bicyclic) bond motifs is 1. The predicted octanol–water partition coefficient (Wildman–Crippen LogP) is 1.71. The highest BCUT2D eigenvalue weighted by Crippen LogP contribution is 2.21. The van der Waals surface area contributed by atoms with E-state index in [1.807, 2.05) is 0 Å². The molecule has 0 spiro atoms. The van der Waals surface area contributed by atoms with E-state index < -0.39 is 0 Å². The number of aliphatic hydroxyl groups is 1. The van der Waals surface area contributed by atoms with Gasteiger partial charge in [0.25, 0.3) is 0 Å². The molecule has 0 unspecified atom stereocenters. The minimum atomic E-state index is -0.0211. The highest BCUT2D eigenvalue weighted by atomic mass is 35.5. The lowest BCUT2D eigenvalue weighted by molar-refractivity contribution is 0.278. The average Bonchev–Trinajstić information content (AvgIpc) is 2.49. The third kappa shape index (κ3) is 1.07. The summed E-state index contributed by atoms with van der Waals surface area (Å²) in [5.41, 5.74) is 1.44. The monoisotopic (exact) mass is 182 g/mol. The molecule has 2 N–H and O–H groups in total. The molecular weight excluding hydrogens is 176 g/mol. The molecule has 62 valence electrons. The Balaban J connectivity index is 2.74. The Morgan fingerprint density at radius 1 is 1.58 bits per heavy atom. The first kappa shape index (κ1) is 7.58. The molecule has 2 aromatic heterocycles. The zero-order valence-corrected chi connectivity index (χ0v) is 6.97. The molecule has 0 radical (unpaired) electrons. The second-order valence-electron chi connectivity index (χ2n) is 2.51. The summed E-state index contributed by atoms with van der Waals surface area (Å²) in [6, 6.07) is 3.52. The number of pyridine rings is 1. The summed E-state index contributed by atoms with van der Waals surface area (Å²) in [6.45, 7) is -0.0211. The fourth-order valence-corrected chi connectivity index (χ4v) is 1.33. The van der Waals surface area contributed by atoms with Crippen LogP contribution in [-0.2, 0) is 6.61 Å². The Bertz CT molecular complexity index is 410. The van der Waals surface area contributed by atoms with Crippen molar-refractivity contribution in [1.82, 2.24) is 9.97 Å². The van der Waals surface area contributed by atoms with E-state index in [1.165, 1.54) is 0 Å². The van der Waals surface area contributed by atoms with E-state index in [-0.39, 0.29) is 6.61 Å². The standard InChI is InChI=1S/C8H7ClN2O/c9-7-1-2-10-8-6(7)3-5(4-12)11-8/h1-3,12H,4H2,(H,10,11). The van der Waals surface area contributed by atoms with Crippen LogP contribution in [0, 0.1) is 0 Å². The van der Waals surface area contributed by atoms with Crippen LogP contribution in [0.2, 0.25) is 5.02 Å². The molecule has 0 amide bonds.